The molecule has 0 aliphatic carbocycles. The van der Waals surface area contributed by atoms with E-state index in [2.05, 4.69) is 4.40 Å². The number of benzene rings is 1. The fourth-order valence-electron chi connectivity index (χ4n) is 1.55. The summed E-state index contributed by atoms with van der Waals surface area (Å²) in [5.74, 6) is -0.382. The molecule has 0 saturated carbocycles. The number of rotatable bonds is 1. The van der Waals surface area contributed by atoms with Gasteiger partial charge in [0.05, 0.1) is 5.71 Å². The van der Waals surface area contributed by atoms with Gasteiger partial charge in [0, 0.05) is 10.3 Å². The second-order valence-corrected chi connectivity index (χ2v) is 6.67. The normalized spacial score (nSPS) is 21.6. The minimum Gasteiger partial charge on any atom is -0.486 e. The number of alkyl halides is 1. The summed E-state index contributed by atoms with van der Waals surface area (Å²) in [5, 5.41) is 0. The first-order valence-electron chi connectivity index (χ1n) is 5.70. The first-order valence-corrected chi connectivity index (χ1v) is 6.47. The Morgan fingerprint density at radius 2 is 2.11 bits per heavy atom. The first-order chi connectivity index (χ1) is 8.38. The van der Waals surface area contributed by atoms with Crippen LogP contribution in [0.4, 0.5) is 8.78 Å². The molecule has 0 amide bonds. The van der Waals surface area contributed by atoms with E-state index < -0.39 is 12.0 Å². The van der Waals surface area contributed by atoms with E-state index in [1.54, 1.807) is 6.07 Å². The fourth-order valence-corrected chi connectivity index (χ4v) is 2.14. The molecule has 0 radical (unpaired) electrons. The summed E-state index contributed by atoms with van der Waals surface area (Å²) < 4.78 is 36.6. The summed E-state index contributed by atoms with van der Waals surface area (Å²) in [6.45, 7) is 5.78. The van der Waals surface area contributed by atoms with E-state index in [0.29, 0.717) is 5.56 Å². The molecule has 1 atom stereocenters. The Bertz CT molecular complexity index is 482. The third kappa shape index (κ3) is 2.83. The smallest absolute Gasteiger partial charge is 0.177 e. The lowest BCUT2D eigenvalue weighted by Gasteiger charge is -2.23. The molecule has 1 aliphatic rings. The van der Waals surface area contributed by atoms with Crippen LogP contribution in [0.25, 0.3) is 0 Å². The Morgan fingerprint density at radius 3 is 2.78 bits per heavy atom. The second-order valence-electron chi connectivity index (χ2n) is 5.08. The summed E-state index contributed by atoms with van der Waals surface area (Å²) in [5.41, 5.74) is 0.668. The molecule has 0 aromatic heterocycles. The highest BCUT2D eigenvalue weighted by molar-refractivity contribution is 7.99. The zero-order chi connectivity index (χ0) is 13.3. The highest BCUT2D eigenvalue weighted by Crippen LogP contribution is 2.32. The van der Waals surface area contributed by atoms with Crippen LogP contribution in [0.3, 0.4) is 0 Å². The van der Waals surface area contributed by atoms with Gasteiger partial charge < -0.3 is 4.74 Å². The summed E-state index contributed by atoms with van der Waals surface area (Å²) >= 11 is 1.28. The molecule has 0 N–H and O–H groups in total. The average Bonchev–Trinajstić information content (AvgIpc) is 2.26. The second kappa shape index (κ2) is 4.88. The van der Waals surface area contributed by atoms with Gasteiger partial charge in [-0.2, -0.15) is 0 Å². The van der Waals surface area contributed by atoms with Gasteiger partial charge in [-0.25, -0.2) is 13.2 Å². The van der Waals surface area contributed by atoms with Crippen LogP contribution in [0, 0.1) is 5.82 Å². The van der Waals surface area contributed by atoms with Gasteiger partial charge in [-0.15, -0.1) is 0 Å². The van der Waals surface area contributed by atoms with Gasteiger partial charge in [0.1, 0.15) is 6.61 Å². The Morgan fingerprint density at radius 1 is 1.39 bits per heavy atom. The topological polar surface area (TPSA) is 21.6 Å². The zero-order valence-electron chi connectivity index (χ0n) is 10.5. The van der Waals surface area contributed by atoms with Gasteiger partial charge in [0.25, 0.3) is 0 Å². The van der Waals surface area contributed by atoms with Crippen LogP contribution in [0.5, 0.6) is 5.75 Å². The van der Waals surface area contributed by atoms with Crippen LogP contribution in [0.15, 0.2) is 22.6 Å². The molecule has 0 fully saturated rings. The Kier molecular flexibility index (Phi) is 3.61. The predicted molar refractivity (Wildman–Crippen MR) is 70.7 cm³/mol. The Hall–Kier alpha value is -1.10. The molecule has 98 valence electrons. The Balaban J connectivity index is 2.40. The maximum atomic E-state index is 13.8. The number of para-hydroxylation sites is 1. The van der Waals surface area contributed by atoms with E-state index in [-0.39, 0.29) is 22.8 Å². The van der Waals surface area contributed by atoms with Crippen molar-refractivity contribution in [2.45, 2.75) is 31.7 Å². The molecule has 1 heterocycles. The summed E-state index contributed by atoms with van der Waals surface area (Å²) in [6, 6.07) is 4.46. The van der Waals surface area contributed by atoms with Crippen molar-refractivity contribution in [1.82, 2.24) is 0 Å². The minimum absolute atomic E-state index is 0.0969. The van der Waals surface area contributed by atoms with E-state index in [4.69, 9.17) is 4.74 Å². The third-order valence-corrected chi connectivity index (χ3v) is 3.17. The average molecular weight is 271 g/mol. The van der Waals surface area contributed by atoms with Crippen molar-refractivity contribution < 1.29 is 13.5 Å². The Labute approximate surface area is 110 Å². The zero-order valence-corrected chi connectivity index (χ0v) is 11.4. The van der Waals surface area contributed by atoms with Gasteiger partial charge in [-0.3, -0.25) is 0 Å². The maximum absolute atomic E-state index is 13.8. The maximum Gasteiger partial charge on any atom is 0.177 e. The lowest BCUT2D eigenvalue weighted by atomic mass is 10.0. The SMILES string of the molecule is CC(C)(C)S/N=C1/c2cccc(F)c2OCC1F. The standard InChI is InChI=1S/C13H15F2NOS/c1-13(2,3)18-16-11-8-5-4-6-9(14)12(8)17-7-10(11)15/h4-6,10H,7H2,1-3H3/b16-11-. The molecule has 2 rings (SSSR count). The van der Waals surface area contributed by atoms with Crippen LogP contribution in [0.1, 0.15) is 26.3 Å². The van der Waals surface area contributed by atoms with Crippen LogP contribution in [0.2, 0.25) is 0 Å². The van der Waals surface area contributed by atoms with Gasteiger partial charge in [-0.1, -0.05) is 6.07 Å². The highest BCUT2D eigenvalue weighted by atomic mass is 32.2. The van der Waals surface area contributed by atoms with Gasteiger partial charge >= 0.3 is 0 Å². The van der Waals surface area contributed by atoms with Crippen molar-refractivity contribution in [3.63, 3.8) is 0 Å². The fraction of sp³-hybridized carbons (Fsp3) is 0.462. The number of ether oxygens (including phenoxy) is 1. The molecule has 1 aliphatic heterocycles. The van der Waals surface area contributed by atoms with E-state index in [9.17, 15) is 8.78 Å². The van der Waals surface area contributed by atoms with E-state index in [1.165, 1.54) is 24.1 Å². The first kappa shape index (κ1) is 13.3. The van der Waals surface area contributed by atoms with E-state index in [1.807, 2.05) is 20.8 Å². The van der Waals surface area contributed by atoms with Crippen molar-refractivity contribution >= 4 is 17.7 Å². The van der Waals surface area contributed by atoms with Crippen LogP contribution in [-0.4, -0.2) is 23.2 Å². The number of nitrogens with zero attached hydrogens (tertiary/aromatic N) is 1. The van der Waals surface area contributed by atoms with Crippen LogP contribution >= 0.6 is 11.9 Å². The minimum atomic E-state index is -1.31. The van der Waals surface area contributed by atoms with E-state index in [0.717, 1.165) is 0 Å². The highest BCUT2D eigenvalue weighted by Gasteiger charge is 2.29. The molecule has 18 heavy (non-hydrogen) atoms. The number of hydrogen-bond donors (Lipinski definition) is 0. The monoisotopic (exact) mass is 271 g/mol. The van der Waals surface area contributed by atoms with Crippen molar-refractivity contribution in [2.24, 2.45) is 4.40 Å². The van der Waals surface area contributed by atoms with Crippen molar-refractivity contribution in [3.05, 3.63) is 29.6 Å². The molecule has 2 nitrogen and oxygen atoms in total. The molecule has 0 saturated heterocycles. The van der Waals surface area contributed by atoms with Crippen LogP contribution < -0.4 is 4.74 Å². The summed E-state index contributed by atoms with van der Waals surface area (Å²) in [4.78, 5) is 0. The van der Waals surface area contributed by atoms with Crippen LogP contribution in [-0.2, 0) is 0 Å². The molecule has 1 unspecified atom stereocenters. The summed E-state index contributed by atoms with van der Waals surface area (Å²) in [6.07, 6.45) is -1.31. The van der Waals surface area contributed by atoms with Crippen molar-refractivity contribution in [2.75, 3.05) is 6.61 Å². The molecular weight excluding hydrogens is 256 g/mol. The predicted octanol–water partition coefficient (Wildman–Crippen LogP) is 3.79. The molecule has 1 aromatic carbocycles. The quantitative estimate of drug-likeness (QED) is 0.725. The molecule has 5 heteroatoms. The van der Waals surface area contributed by atoms with Gasteiger partial charge in [0.2, 0.25) is 0 Å². The largest absolute Gasteiger partial charge is 0.486 e. The molecule has 1 aromatic rings. The van der Waals surface area contributed by atoms with Gasteiger partial charge in [-0.05, 0) is 44.9 Å². The summed E-state index contributed by atoms with van der Waals surface area (Å²) in [7, 11) is 0. The number of halogens is 2. The third-order valence-electron chi connectivity index (χ3n) is 2.33. The number of hydrogen-bond acceptors (Lipinski definition) is 3. The lowest BCUT2D eigenvalue weighted by Crippen LogP contribution is -2.30. The molecule has 0 spiro atoms. The molecular formula is C13H15F2NOS. The molecule has 0 bridgehead atoms. The van der Waals surface area contributed by atoms with Crippen molar-refractivity contribution in [3.8, 4) is 5.75 Å². The lowest BCUT2D eigenvalue weighted by molar-refractivity contribution is 0.222. The van der Waals surface area contributed by atoms with E-state index >= 15 is 0 Å². The van der Waals surface area contributed by atoms with Gasteiger partial charge in [0.15, 0.2) is 17.7 Å². The number of fused-ring (bicyclic) bond motifs is 1. The van der Waals surface area contributed by atoms with Crippen molar-refractivity contribution in [1.29, 1.82) is 0 Å².